The summed E-state index contributed by atoms with van der Waals surface area (Å²) in [6.45, 7) is 1.92. The number of anilines is 2. The molecular weight excluding hydrogens is 350 g/mol. The van der Waals surface area contributed by atoms with Crippen LogP contribution in [0.2, 0.25) is 0 Å². The fourth-order valence-electron chi connectivity index (χ4n) is 3.10. The molecule has 1 atom stereocenters. The van der Waals surface area contributed by atoms with Crippen molar-refractivity contribution >= 4 is 28.9 Å². The van der Waals surface area contributed by atoms with Gasteiger partial charge in [-0.2, -0.15) is 0 Å². The van der Waals surface area contributed by atoms with Gasteiger partial charge in [0.15, 0.2) is 0 Å². The summed E-state index contributed by atoms with van der Waals surface area (Å²) in [6, 6.07) is 11.7. The molecule has 140 valence electrons. The predicted octanol–water partition coefficient (Wildman–Crippen LogP) is 2.90. The average molecular weight is 369 g/mol. The van der Waals surface area contributed by atoms with Crippen LogP contribution in [0.5, 0.6) is 5.75 Å². The van der Waals surface area contributed by atoms with Crippen LogP contribution in [0.3, 0.4) is 0 Å². The van der Waals surface area contributed by atoms with Gasteiger partial charge in [0.2, 0.25) is 11.8 Å². The first kappa shape index (κ1) is 18.4. The number of carbonyl (C=O) groups excluding carboxylic acids is 2. The molecule has 1 fully saturated rings. The molecule has 27 heavy (non-hydrogen) atoms. The number of amides is 2. The van der Waals surface area contributed by atoms with Gasteiger partial charge in [-0.3, -0.25) is 19.7 Å². The SMILES string of the molecule is COc1ccccc1N1CC(C(=O)Nc2ccc(C)cc2[N+](=O)[O-])CC1=O. The molecule has 1 unspecified atom stereocenters. The molecule has 2 amide bonds. The van der Waals surface area contributed by atoms with E-state index in [0.717, 1.165) is 5.56 Å². The number of benzene rings is 2. The van der Waals surface area contributed by atoms with Crippen molar-refractivity contribution in [3.05, 3.63) is 58.1 Å². The third kappa shape index (κ3) is 3.74. The smallest absolute Gasteiger partial charge is 0.293 e. The highest BCUT2D eigenvalue weighted by atomic mass is 16.6. The average Bonchev–Trinajstić information content (AvgIpc) is 3.04. The summed E-state index contributed by atoms with van der Waals surface area (Å²) in [5.41, 5.74) is 1.27. The van der Waals surface area contributed by atoms with Crippen molar-refractivity contribution in [3.63, 3.8) is 0 Å². The monoisotopic (exact) mass is 369 g/mol. The van der Waals surface area contributed by atoms with E-state index in [1.54, 1.807) is 37.3 Å². The second-order valence-electron chi connectivity index (χ2n) is 6.34. The largest absolute Gasteiger partial charge is 0.495 e. The van der Waals surface area contributed by atoms with Crippen LogP contribution >= 0.6 is 0 Å². The number of nitro benzene ring substituents is 1. The number of para-hydroxylation sites is 2. The van der Waals surface area contributed by atoms with Gasteiger partial charge in [0.1, 0.15) is 11.4 Å². The van der Waals surface area contributed by atoms with Crippen molar-refractivity contribution in [2.24, 2.45) is 5.92 Å². The van der Waals surface area contributed by atoms with E-state index in [4.69, 9.17) is 4.74 Å². The van der Waals surface area contributed by atoms with E-state index in [9.17, 15) is 19.7 Å². The summed E-state index contributed by atoms with van der Waals surface area (Å²) in [5.74, 6) is -0.685. The maximum absolute atomic E-state index is 12.6. The minimum Gasteiger partial charge on any atom is -0.495 e. The number of methoxy groups -OCH3 is 1. The van der Waals surface area contributed by atoms with Gasteiger partial charge in [0.05, 0.1) is 23.6 Å². The van der Waals surface area contributed by atoms with Crippen LogP contribution in [0.4, 0.5) is 17.1 Å². The first-order chi connectivity index (χ1) is 12.9. The lowest BCUT2D eigenvalue weighted by Crippen LogP contribution is -2.28. The number of ether oxygens (including phenoxy) is 1. The zero-order chi connectivity index (χ0) is 19.6. The van der Waals surface area contributed by atoms with Crippen molar-refractivity contribution in [2.45, 2.75) is 13.3 Å². The van der Waals surface area contributed by atoms with E-state index < -0.39 is 16.7 Å². The van der Waals surface area contributed by atoms with Gasteiger partial charge in [0, 0.05) is 19.0 Å². The zero-order valence-corrected chi connectivity index (χ0v) is 15.0. The third-order valence-electron chi connectivity index (χ3n) is 4.48. The highest BCUT2D eigenvalue weighted by Gasteiger charge is 2.36. The molecule has 1 aliphatic heterocycles. The highest BCUT2D eigenvalue weighted by molar-refractivity contribution is 6.04. The topological polar surface area (TPSA) is 102 Å². The first-order valence-corrected chi connectivity index (χ1v) is 8.40. The molecule has 1 aliphatic rings. The Kier molecular flexibility index (Phi) is 5.07. The zero-order valence-electron chi connectivity index (χ0n) is 15.0. The Morgan fingerprint density at radius 3 is 2.74 bits per heavy atom. The van der Waals surface area contributed by atoms with E-state index in [2.05, 4.69) is 5.32 Å². The van der Waals surface area contributed by atoms with Crippen molar-refractivity contribution < 1.29 is 19.2 Å². The van der Waals surface area contributed by atoms with E-state index in [1.807, 2.05) is 0 Å². The second-order valence-corrected chi connectivity index (χ2v) is 6.34. The number of aryl methyl sites for hydroxylation is 1. The maximum atomic E-state index is 12.6. The molecule has 8 nitrogen and oxygen atoms in total. The summed E-state index contributed by atoms with van der Waals surface area (Å²) in [7, 11) is 1.51. The number of rotatable bonds is 5. The lowest BCUT2D eigenvalue weighted by molar-refractivity contribution is -0.384. The molecule has 1 heterocycles. The Labute approximate surface area is 155 Å². The Morgan fingerprint density at radius 1 is 1.30 bits per heavy atom. The van der Waals surface area contributed by atoms with Gasteiger partial charge >= 0.3 is 0 Å². The molecule has 8 heteroatoms. The van der Waals surface area contributed by atoms with Crippen LogP contribution in [-0.4, -0.2) is 30.4 Å². The quantitative estimate of drug-likeness (QED) is 0.645. The first-order valence-electron chi connectivity index (χ1n) is 8.40. The van der Waals surface area contributed by atoms with Crippen LogP contribution < -0.4 is 15.0 Å². The van der Waals surface area contributed by atoms with Crippen LogP contribution in [0.25, 0.3) is 0 Å². The Hall–Kier alpha value is -3.42. The molecule has 0 spiro atoms. The van der Waals surface area contributed by atoms with Crippen molar-refractivity contribution in [3.8, 4) is 5.75 Å². The Balaban J connectivity index is 1.78. The molecule has 0 aromatic heterocycles. The second kappa shape index (κ2) is 7.45. The van der Waals surface area contributed by atoms with E-state index in [0.29, 0.717) is 11.4 Å². The fraction of sp³-hybridized carbons (Fsp3) is 0.263. The van der Waals surface area contributed by atoms with Gasteiger partial charge < -0.3 is 15.0 Å². The Bertz CT molecular complexity index is 912. The fourth-order valence-corrected chi connectivity index (χ4v) is 3.10. The third-order valence-corrected chi connectivity index (χ3v) is 4.48. The summed E-state index contributed by atoms with van der Waals surface area (Å²) < 4.78 is 5.28. The molecule has 3 rings (SSSR count). The van der Waals surface area contributed by atoms with Crippen LogP contribution in [0.15, 0.2) is 42.5 Å². The molecular formula is C19H19N3O5. The molecule has 1 N–H and O–H groups in total. The summed E-state index contributed by atoms with van der Waals surface area (Å²) in [6.07, 6.45) is 0.0313. The molecule has 0 saturated carbocycles. The summed E-state index contributed by atoms with van der Waals surface area (Å²) in [4.78, 5) is 37.2. The van der Waals surface area contributed by atoms with Gasteiger partial charge in [-0.15, -0.1) is 0 Å². The number of nitro groups is 1. The number of carbonyl (C=O) groups is 2. The summed E-state index contributed by atoms with van der Waals surface area (Å²) in [5, 5.41) is 13.8. The number of hydrogen-bond donors (Lipinski definition) is 1. The minimum absolute atomic E-state index is 0.0313. The van der Waals surface area contributed by atoms with Crippen LogP contribution in [-0.2, 0) is 9.59 Å². The van der Waals surface area contributed by atoms with E-state index in [1.165, 1.54) is 24.1 Å². The maximum Gasteiger partial charge on any atom is 0.293 e. The van der Waals surface area contributed by atoms with Gasteiger partial charge in [-0.25, -0.2) is 0 Å². The summed E-state index contributed by atoms with van der Waals surface area (Å²) >= 11 is 0. The van der Waals surface area contributed by atoms with Crippen LogP contribution in [0.1, 0.15) is 12.0 Å². The standard InChI is InChI=1S/C19H19N3O5/c1-12-7-8-14(16(9-12)22(25)26)20-19(24)13-10-18(23)21(11-13)15-5-3-4-6-17(15)27-2/h3-9,13H,10-11H2,1-2H3,(H,20,24). The number of nitrogens with one attached hydrogen (secondary N) is 1. The molecule has 2 aromatic carbocycles. The predicted molar refractivity (Wildman–Crippen MR) is 99.9 cm³/mol. The van der Waals surface area contributed by atoms with Crippen molar-refractivity contribution in [1.82, 2.24) is 0 Å². The van der Waals surface area contributed by atoms with Crippen molar-refractivity contribution in [2.75, 3.05) is 23.9 Å². The molecule has 0 aliphatic carbocycles. The lowest BCUT2D eigenvalue weighted by Gasteiger charge is -2.19. The van der Waals surface area contributed by atoms with Gasteiger partial charge in [-0.05, 0) is 30.7 Å². The normalized spacial score (nSPS) is 16.3. The van der Waals surface area contributed by atoms with Gasteiger partial charge in [0.25, 0.3) is 5.69 Å². The minimum atomic E-state index is -0.608. The number of nitrogens with zero attached hydrogens (tertiary/aromatic N) is 2. The molecule has 0 radical (unpaired) electrons. The number of hydrogen-bond acceptors (Lipinski definition) is 5. The molecule has 2 aromatic rings. The van der Waals surface area contributed by atoms with E-state index in [-0.39, 0.29) is 30.2 Å². The van der Waals surface area contributed by atoms with E-state index >= 15 is 0 Å². The van der Waals surface area contributed by atoms with Gasteiger partial charge in [-0.1, -0.05) is 18.2 Å². The van der Waals surface area contributed by atoms with Crippen molar-refractivity contribution in [1.29, 1.82) is 0 Å². The molecule has 0 bridgehead atoms. The highest BCUT2D eigenvalue weighted by Crippen LogP contribution is 2.33. The van der Waals surface area contributed by atoms with Crippen LogP contribution in [0, 0.1) is 23.0 Å². The lowest BCUT2D eigenvalue weighted by atomic mass is 10.1. The Morgan fingerprint density at radius 2 is 2.04 bits per heavy atom. The molecule has 1 saturated heterocycles.